The Balaban J connectivity index is 1.72. The van der Waals surface area contributed by atoms with E-state index in [-0.39, 0.29) is 5.69 Å². The Bertz CT molecular complexity index is 683. The van der Waals surface area contributed by atoms with Crippen molar-refractivity contribution in [1.82, 2.24) is 10.3 Å². The standard InChI is InChI=1S/C13H14N4O3/c18-17(19)9-1-2-12-10(5-9)15-13(20-12)16-4-3-8-6-14-7-11(8)16/h1-2,5,8,11,14H,3-4,6-7H2/t8-,11+/m0/s1. The van der Waals surface area contributed by atoms with Crippen molar-refractivity contribution in [2.75, 3.05) is 24.5 Å². The van der Waals surface area contributed by atoms with Crippen LogP contribution in [-0.2, 0) is 0 Å². The molecule has 0 saturated carbocycles. The van der Waals surface area contributed by atoms with Crippen molar-refractivity contribution in [1.29, 1.82) is 0 Å². The largest absolute Gasteiger partial charge is 0.423 e. The van der Waals surface area contributed by atoms with E-state index in [2.05, 4.69) is 15.2 Å². The number of nitro groups is 1. The first kappa shape index (κ1) is 11.7. The summed E-state index contributed by atoms with van der Waals surface area (Å²) in [6.07, 6.45) is 1.14. The second kappa shape index (κ2) is 4.17. The van der Waals surface area contributed by atoms with Gasteiger partial charge in [0, 0.05) is 37.8 Å². The molecule has 2 atom stereocenters. The number of rotatable bonds is 2. The van der Waals surface area contributed by atoms with E-state index < -0.39 is 4.92 Å². The Kier molecular flexibility index (Phi) is 2.43. The minimum atomic E-state index is -0.416. The molecule has 0 spiro atoms. The molecule has 0 bridgehead atoms. The number of nitrogens with one attached hydrogen (secondary N) is 1. The predicted octanol–water partition coefficient (Wildman–Crippen LogP) is 1.53. The van der Waals surface area contributed by atoms with Gasteiger partial charge in [-0.15, -0.1) is 0 Å². The van der Waals surface area contributed by atoms with Gasteiger partial charge in [-0.1, -0.05) is 0 Å². The molecule has 104 valence electrons. The Labute approximate surface area is 114 Å². The Hall–Kier alpha value is -2.15. The molecule has 2 saturated heterocycles. The number of benzene rings is 1. The SMILES string of the molecule is O=[N+]([O-])c1ccc2oc(N3CC[C@H]4CNC[C@H]43)nc2c1. The normalized spacial score (nSPS) is 25.3. The molecule has 3 heterocycles. The van der Waals surface area contributed by atoms with Gasteiger partial charge in [-0.05, 0) is 18.4 Å². The lowest BCUT2D eigenvalue weighted by atomic mass is 10.1. The molecule has 0 aliphatic carbocycles. The maximum Gasteiger partial charge on any atom is 0.298 e. The predicted molar refractivity (Wildman–Crippen MR) is 72.8 cm³/mol. The van der Waals surface area contributed by atoms with Gasteiger partial charge in [0.15, 0.2) is 5.58 Å². The van der Waals surface area contributed by atoms with Gasteiger partial charge >= 0.3 is 0 Å². The van der Waals surface area contributed by atoms with Crippen LogP contribution in [0.2, 0.25) is 0 Å². The molecule has 2 aliphatic heterocycles. The number of anilines is 1. The topological polar surface area (TPSA) is 84.4 Å². The molecule has 1 N–H and O–H groups in total. The first-order valence-corrected chi connectivity index (χ1v) is 6.75. The molecule has 0 amide bonds. The number of aromatic nitrogens is 1. The van der Waals surface area contributed by atoms with Crippen molar-refractivity contribution in [3.05, 3.63) is 28.3 Å². The highest BCUT2D eigenvalue weighted by molar-refractivity contribution is 5.77. The molecule has 0 unspecified atom stereocenters. The van der Waals surface area contributed by atoms with Crippen LogP contribution in [0.15, 0.2) is 22.6 Å². The highest BCUT2D eigenvalue weighted by Crippen LogP contribution is 2.33. The number of oxazole rings is 1. The van der Waals surface area contributed by atoms with Gasteiger partial charge < -0.3 is 14.6 Å². The lowest BCUT2D eigenvalue weighted by molar-refractivity contribution is -0.384. The number of non-ortho nitro benzene ring substituents is 1. The van der Waals surface area contributed by atoms with Gasteiger partial charge in [0.2, 0.25) is 0 Å². The van der Waals surface area contributed by atoms with Crippen LogP contribution in [0.25, 0.3) is 11.1 Å². The van der Waals surface area contributed by atoms with E-state index in [9.17, 15) is 10.1 Å². The van der Waals surface area contributed by atoms with E-state index in [1.807, 2.05) is 0 Å². The summed E-state index contributed by atoms with van der Waals surface area (Å²) < 4.78 is 5.76. The van der Waals surface area contributed by atoms with Crippen LogP contribution in [0.5, 0.6) is 0 Å². The van der Waals surface area contributed by atoms with Crippen LogP contribution in [0.4, 0.5) is 11.7 Å². The van der Waals surface area contributed by atoms with E-state index >= 15 is 0 Å². The second-order valence-corrected chi connectivity index (χ2v) is 5.37. The second-order valence-electron chi connectivity index (χ2n) is 5.37. The minimum Gasteiger partial charge on any atom is -0.423 e. The molecule has 2 fully saturated rings. The fraction of sp³-hybridized carbons (Fsp3) is 0.462. The van der Waals surface area contributed by atoms with Crippen molar-refractivity contribution in [3.63, 3.8) is 0 Å². The number of nitrogens with zero attached hydrogens (tertiary/aromatic N) is 3. The summed E-state index contributed by atoms with van der Waals surface area (Å²) in [5, 5.41) is 14.2. The molecule has 1 aromatic carbocycles. The molecule has 20 heavy (non-hydrogen) atoms. The molecule has 7 heteroatoms. The molecule has 2 aliphatic rings. The Morgan fingerprint density at radius 2 is 2.35 bits per heavy atom. The fourth-order valence-corrected chi connectivity index (χ4v) is 3.23. The van der Waals surface area contributed by atoms with Crippen molar-refractivity contribution in [2.24, 2.45) is 5.92 Å². The average molecular weight is 274 g/mol. The highest BCUT2D eigenvalue weighted by atomic mass is 16.6. The Morgan fingerprint density at radius 1 is 1.45 bits per heavy atom. The molecule has 7 nitrogen and oxygen atoms in total. The van der Waals surface area contributed by atoms with Crippen molar-refractivity contribution in [2.45, 2.75) is 12.5 Å². The number of hydrogen-bond donors (Lipinski definition) is 1. The highest BCUT2D eigenvalue weighted by Gasteiger charge is 2.39. The zero-order valence-corrected chi connectivity index (χ0v) is 10.8. The zero-order chi connectivity index (χ0) is 13.7. The van der Waals surface area contributed by atoms with Crippen LogP contribution in [0.1, 0.15) is 6.42 Å². The average Bonchev–Trinajstić information content (AvgIpc) is 3.11. The first-order valence-electron chi connectivity index (χ1n) is 6.75. The molecule has 2 aromatic rings. The molecule has 0 radical (unpaired) electrons. The Morgan fingerprint density at radius 3 is 3.20 bits per heavy atom. The van der Waals surface area contributed by atoms with Gasteiger partial charge in [0.1, 0.15) is 5.52 Å². The van der Waals surface area contributed by atoms with Gasteiger partial charge in [0.05, 0.1) is 4.92 Å². The van der Waals surface area contributed by atoms with Crippen LogP contribution in [-0.4, -0.2) is 35.6 Å². The quantitative estimate of drug-likeness (QED) is 0.660. The minimum absolute atomic E-state index is 0.0409. The monoisotopic (exact) mass is 274 g/mol. The van der Waals surface area contributed by atoms with Crippen molar-refractivity contribution in [3.8, 4) is 0 Å². The summed E-state index contributed by atoms with van der Waals surface area (Å²) in [5.74, 6) is 0.652. The molecule has 4 rings (SSSR count). The summed E-state index contributed by atoms with van der Waals surface area (Å²) in [6, 6.07) is 5.53. The fourth-order valence-electron chi connectivity index (χ4n) is 3.23. The number of hydrogen-bond acceptors (Lipinski definition) is 6. The summed E-state index contributed by atoms with van der Waals surface area (Å²) in [4.78, 5) is 17.0. The van der Waals surface area contributed by atoms with Crippen LogP contribution in [0.3, 0.4) is 0 Å². The van der Waals surface area contributed by atoms with Crippen molar-refractivity contribution < 1.29 is 9.34 Å². The van der Waals surface area contributed by atoms with E-state index in [4.69, 9.17) is 4.42 Å². The van der Waals surface area contributed by atoms with Gasteiger partial charge in [0.25, 0.3) is 11.7 Å². The molecular weight excluding hydrogens is 260 g/mol. The van der Waals surface area contributed by atoms with Crippen molar-refractivity contribution >= 4 is 22.8 Å². The lowest BCUT2D eigenvalue weighted by Crippen LogP contribution is -2.34. The van der Waals surface area contributed by atoms with Gasteiger partial charge in [-0.2, -0.15) is 4.98 Å². The third-order valence-electron chi connectivity index (χ3n) is 4.26. The zero-order valence-electron chi connectivity index (χ0n) is 10.8. The summed E-state index contributed by atoms with van der Waals surface area (Å²) >= 11 is 0. The van der Waals surface area contributed by atoms with E-state index in [1.165, 1.54) is 12.1 Å². The molecular formula is C13H14N4O3. The smallest absolute Gasteiger partial charge is 0.298 e. The van der Waals surface area contributed by atoms with E-state index in [0.29, 0.717) is 29.1 Å². The summed E-state index contributed by atoms with van der Waals surface area (Å²) in [6.45, 7) is 2.93. The van der Waals surface area contributed by atoms with E-state index in [1.54, 1.807) is 6.07 Å². The maximum absolute atomic E-state index is 10.8. The summed E-state index contributed by atoms with van der Waals surface area (Å²) in [5.41, 5.74) is 1.18. The van der Waals surface area contributed by atoms with Crippen LogP contribution < -0.4 is 10.2 Å². The third-order valence-corrected chi connectivity index (χ3v) is 4.26. The first-order chi connectivity index (χ1) is 9.72. The summed E-state index contributed by atoms with van der Waals surface area (Å²) in [7, 11) is 0. The van der Waals surface area contributed by atoms with Gasteiger partial charge in [-0.25, -0.2) is 0 Å². The number of nitro benzene ring substituents is 1. The maximum atomic E-state index is 10.8. The van der Waals surface area contributed by atoms with Crippen LogP contribution >= 0.6 is 0 Å². The third kappa shape index (κ3) is 1.66. The van der Waals surface area contributed by atoms with Crippen LogP contribution in [0, 0.1) is 16.0 Å². The lowest BCUT2D eigenvalue weighted by Gasteiger charge is -2.20. The molecule has 1 aromatic heterocycles. The van der Waals surface area contributed by atoms with E-state index in [0.717, 1.165) is 26.1 Å². The van der Waals surface area contributed by atoms with Gasteiger partial charge in [-0.3, -0.25) is 10.1 Å². The number of fused-ring (bicyclic) bond motifs is 2.